The van der Waals surface area contributed by atoms with E-state index < -0.39 is 0 Å². The molecule has 0 aliphatic heterocycles. The van der Waals surface area contributed by atoms with Gasteiger partial charge in [-0.3, -0.25) is 0 Å². The van der Waals surface area contributed by atoms with Crippen LogP contribution >= 0.6 is 23.2 Å². The van der Waals surface area contributed by atoms with Crippen LogP contribution in [0.2, 0.25) is 10.0 Å². The van der Waals surface area contributed by atoms with E-state index in [1.165, 1.54) is 0 Å². The Morgan fingerprint density at radius 2 is 2.12 bits per heavy atom. The summed E-state index contributed by atoms with van der Waals surface area (Å²) >= 11 is 12.1. The molecular formula is C13H17Cl2N. The average molecular weight is 258 g/mol. The van der Waals surface area contributed by atoms with Crippen LogP contribution < -0.4 is 5.32 Å². The van der Waals surface area contributed by atoms with Crippen LogP contribution in [0.3, 0.4) is 0 Å². The number of benzene rings is 1. The van der Waals surface area contributed by atoms with E-state index in [4.69, 9.17) is 23.2 Å². The molecule has 2 unspecified atom stereocenters. The summed E-state index contributed by atoms with van der Waals surface area (Å²) in [6.07, 6.45) is 2.85. The molecule has 0 radical (unpaired) electrons. The van der Waals surface area contributed by atoms with E-state index in [1.54, 1.807) is 6.07 Å². The molecule has 1 rings (SSSR count). The van der Waals surface area contributed by atoms with Crippen LogP contribution in [0.5, 0.6) is 0 Å². The van der Waals surface area contributed by atoms with Gasteiger partial charge in [-0.1, -0.05) is 42.3 Å². The molecule has 0 saturated carbocycles. The van der Waals surface area contributed by atoms with Gasteiger partial charge in [0.05, 0.1) is 0 Å². The van der Waals surface area contributed by atoms with E-state index >= 15 is 0 Å². The molecule has 0 amide bonds. The van der Waals surface area contributed by atoms with Gasteiger partial charge in [0, 0.05) is 22.1 Å². The third-order valence-electron chi connectivity index (χ3n) is 2.56. The minimum Gasteiger partial charge on any atom is -0.304 e. The van der Waals surface area contributed by atoms with Crippen LogP contribution in [0, 0.1) is 0 Å². The summed E-state index contributed by atoms with van der Waals surface area (Å²) in [5, 5.41) is 4.83. The first-order chi connectivity index (χ1) is 7.58. The average Bonchev–Trinajstić information content (AvgIpc) is 2.26. The SMILES string of the molecule is C=CC(C)NC(CC)c1ccc(Cl)cc1Cl. The molecule has 0 fully saturated rings. The molecule has 0 saturated heterocycles. The summed E-state index contributed by atoms with van der Waals surface area (Å²) in [5.41, 5.74) is 1.09. The fourth-order valence-electron chi connectivity index (χ4n) is 1.60. The molecule has 1 aromatic rings. The van der Waals surface area contributed by atoms with Crippen molar-refractivity contribution in [1.29, 1.82) is 0 Å². The van der Waals surface area contributed by atoms with Crippen molar-refractivity contribution in [2.45, 2.75) is 32.4 Å². The Kier molecular flexibility index (Phi) is 5.33. The third-order valence-corrected chi connectivity index (χ3v) is 3.13. The van der Waals surface area contributed by atoms with E-state index in [2.05, 4.69) is 25.7 Å². The second kappa shape index (κ2) is 6.29. The topological polar surface area (TPSA) is 12.0 Å². The summed E-state index contributed by atoms with van der Waals surface area (Å²) in [4.78, 5) is 0. The summed E-state index contributed by atoms with van der Waals surface area (Å²) in [7, 11) is 0. The molecule has 0 aliphatic carbocycles. The van der Waals surface area contributed by atoms with Gasteiger partial charge in [-0.2, -0.15) is 0 Å². The molecule has 0 bridgehead atoms. The van der Waals surface area contributed by atoms with E-state index in [-0.39, 0.29) is 12.1 Å². The molecule has 1 N–H and O–H groups in total. The van der Waals surface area contributed by atoms with Gasteiger partial charge < -0.3 is 5.32 Å². The van der Waals surface area contributed by atoms with E-state index in [1.807, 2.05) is 18.2 Å². The molecule has 1 nitrogen and oxygen atoms in total. The van der Waals surface area contributed by atoms with E-state index in [0.29, 0.717) is 10.0 Å². The molecular weight excluding hydrogens is 241 g/mol. The van der Waals surface area contributed by atoms with Gasteiger partial charge in [0.25, 0.3) is 0 Å². The van der Waals surface area contributed by atoms with Gasteiger partial charge >= 0.3 is 0 Å². The lowest BCUT2D eigenvalue weighted by Crippen LogP contribution is -2.28. The van der Waals surface area contributed by atoms with Crippen molar-refractivity contribution in [3.63, 3.8) is 0 Å². The quantitative estimate of drug-likeness (QED) is 0.760. The maximum absolute atomic E-state index is 6.18. The Morgan fingerprint density at radius 1 is 1.44 bits per heavy atom. The second-order valence-electron chi connectivity index (χ2n) is 3.82. The normalized spacial score (nSPS) is 14.5. The van der Waals surface area contributed by atoms with Gasteiger partial charge in [-0.15, -0.1) is 6.58 Å². The Hall–Kier alpha value is -0.500. The Morgan fingerprint density at radius 3 is 2.62 bits per heavy atom. The first kappa shape index (κ1) is 13.6. The van der Waals surface area contributed by atoms with Crippen molar-refractivity contribution < 1.29 is 0 Å². The minimum absolute atomic E-state index is 0.234. The van der Waals surface area contributed by atoms with Gasteiger partial charge in [-0.05, 0) is 31.0 Å². The Bertz CT molecular complexity index is 363. The zero-order valence-electron chi connectivity index (χ0n) is 9.63. The molecule has 0 aliphatic rings. The zero-order chi connectivity index (χ0) is 12.1. The van der Waals surface area contributed by atoms with Crippen molar-refractivity contribution in [1.82, 2.24) is 5.32 Å². The summed E-state index contributed by atoms with van der Waals surface area (Å²) in [5.74, 6) is 0. The van der Waals surface area contributed by atoms with Crippen molar-refractivity contribution in [2.24, 2.45) is 0 Å². The van der Waals surface area contributed by atoms with Crippen molar-refractivity contribution in [3.8, 4) is 0 Å². The molecule has 1 aromatic carbocycles. The van der Waals surface area contributed by atoms with E-state index in [0.717, 1.165) is 12.0 Å². The molecule has 2 atom stereocenters. The standard InChI is InChI=1S/C13H17Cl2N/c1-4-9(3)16-13(5-2)11-7-6-10(14)8-12(11)15/h4,6-9,13,16H,1,5H2,2-3H3. The van der Waals surface area contributed by atoms with Crippen LogP contribution in [0.25, 0.3) is 0 Å². The van der Waals surface area contributed by atoms with Crippen LogP contribution in [-0.4, -0.2) is 6.04 Å². The number of nitrogens with one attached hydrogen (secondary N) is 1. The fraction of sp³-hybridized carbons (Fsp3) is 0.385. The molecule has 0 heterocycles. The van der Waals surface area contributed by atoms with Crippen LogP contribution in [0.4, 0.5) is 0 Å². The molecule has 3 heteroatoms. The number of hydrogen-bond acceptors (Lipinski definition) is 1. The third kappa shape index (κ3) is 3.51. The largest absolute Gasteiger partial charge is 0.304 e. The lowest BCUT2D eigenvalue weighted by atomic mass is 10.0. The smallest absolute Gasteiger partial charge is 0.0468 e. The predicted molar refractivity (Wildman–Crippen MR) is 72.3 cm³/mol. The van der Waals surface area contributed by atoms with Gasteiger partial charge in [0.15, 0.2) is 0 Å². The molecule has 88 valence electrons. The highest BCUT2D eigenvalue weighted by Gasteiger charge is 2.14. The number of hydrogen-bond donors (Lipinski definition) is 1. The first-order valence-electron chi connectivity index (χ1n) is 5.42. The van der Waals surface area contributed by atoms with E-state index in [9.17, 15) is 0 Å². The first-order valence-corrected chi connectivity index (χ1v) is 6.17. The lowest BCUT2D eigenvalue weighted by molar-refractivity contribution is 0.491. The number of halogens is 2. The maximum atomic E-state index is 6.18. The summed E-state index contributed by atoms with van der Waals surface area (Å²) in [6.45, 7) is 7.95. The molecule has 16 heavy (non-hydrogen) atoms. The van der Waals surface area contributed by atoms with Gasteiger partial charge in [0.1, 0.15) is 0 Å². The Balaban J connectivity index is 2.90. The lowest BCUT2D eigenvalue weighted by Gasteiger charge is -2.21. The monoisotopic (exact) mass is 257 g/mol. The van der Waals surface area contributed by atoms with Gasteiger partial charge in [0.2, 0.25) is 0 Å². The summed E-state index contributed by atoms with van der Waals surface area (Å²) in [6, 6.07) is 6.11. The second-order valence-corrected chi connectivity index (χ2v) is 4.66. The van der Waals surface area contributed by atoms with Crippen molar-refractivity contribution >= 4 is 23.2 Å². The molecule has 0 spiro atoms. The fourth-order valence-corrected chi connectivity index (χ4v) is 2.14. The number of rotatable bonds is 5. The Labute approximate surface area is 107 Å². The van der Waals surface area contributed by atoms with Gasteiger partial charge in [-0.25, -0.2) is 0 Å². The molecule has 0 aromatic heterocycles. The minimum atomic E-state index is 0.234. The maximum Gasteiger partial charge on any atom is 0.0468 e. The predicted octanol–water partition coefficient (Wildman–Crippen LogP) is 4.61. The highest BCUT2D eigenvalue weighted by atomic mass is 35.5. The zero-order valence-corrected chi connectivity index (χ0v) is 11.1. The highest BCUT2D eigenvalue weighted by Crippen LogP contribution is 2.28. The van der Waals surface area contributed by atoms with Crippen molar-refractivity contribution in [3.05, 3.63) is 46.5 Å². The summed E-state index contributed by atoms with van der Waals surface area (Å²) < 4.78 is 0. The highest BCUT2D eigenvalue weighted by molar-refractivity contribution is 6.35. The van der Waals surface area contributed by atoms with Crippen molar-refractivity contribution in [2.75, 3.05) is 0 Å². The van der Waals surface area contributed by atoms with Crippen LogP contribution in [0.1, 0.15) is 31.9 Å². The van der Waals surface area contributed by atoms with Crippen LogP contribution in [0.15, 0.2) is 30.9 Å². The van der Waals surface area contributed by atoms with Crippen LogP contribution in [-0.2, 0) is 0 Å².